The van der Waals surface area contributed by atoms with Gasteiger partial charge in [-0.25, -0.2) is 4.98 Å². The molecule has 2 heterocycles. The highest BCUT2D eigenvalue weighted by molar-refractivity contribution is 5.97. The largest absolute Gasteiger partial charge is 0.443 e. The molecule has 1 aliphatic heterocycles. The van der Waals surface area contributed by atoms with Crippen molar-refractivity contribution in [3.8, 4) is 11.3 Å². The van der Waals surface area contributed by atoms with Crippen molar-refractivity contribution in [1.29, 1.82) is 0 Å². The Hall–Kier alpha value is -2.14. The van der Waals surface area contributed by atoms with Gasteiger partial charge in [-0.1, -0.05) is 36.8 Å². The van der Waals surface area contributed by atoms with Gasteiger partial charge in [0.25, 0.3) is 5.91 Å². The van der Waals surface area contributed by atoms with E-state index in [1.54, 1.807) is 0 Å². The number of piperidine rings is 1. The van der Waals surface area contributed by atoms with Crippen LogP contribution in [0.4, 0.5) is 0 Å². The van der Waals surface area contributed by atoms with Gasteiger partial charge in [0.15, 0.2) is 17.8 Å². The molecule has 5 heteroatoms. The minimum atomic E-state index is -0.164. The Bertz CT molecular complexity index is 648. The molecule has 116 valence electrons. The fourth-order valence-corrected chi connectivity index (χ4v) is 2.78. The summed E-state index contributed by atoms with van der Waals surface area (Å²) in [4.78, 5) is 16.6. The maximum atomic E-state index is 12.5. The molecule has 22 heavy (non-hydrogen) atoms. The number of carbonyl (C=O) groups excluding carboxylic acids is 1. The molecule has 2 unspecified atom stereocenters. The maximum absolute atomic E-state index is 12.5. The van der Waals surface area contributed by atoms with Crippen LogP contribution in [0, 0.1) is 12.8 Å². The van der Waals surface area contributed by atoms with Crippen LogP contribution in [0.5, 0.6) is 0 Å². The third-order valence-corrected chi connectivity index (χ3v) is 4.20. The molecule has 0 aliphatic carbocycles. The fraction of sp³-hybridized carbons (Fsp3) is 0.412. The fourth-order valence-electron chi connectivity index (χ4n) is 2.78. The van der Waals surface area contributed by atoms with Gasteiger partial charge in [0, 0.05) is 11.6 Å². The average molecular weight is 299 g/mol. The summed E-state index contributed by atoms with van der Waals surface area (Å²) < 4.78 is 5.44. The average Bonchev–Trinajstić information content (AvgIpc) is 3.00. The Labute approximate surface area is 130 Å². The zero-order valence-electron chi connectivity index (χ0n) is 12.9. The van der Waals surface area contributed by atoms with Crippen molar-refractivity contribution in [2.24, 2.45) is 5.92 Å². The van der Waals surface area contributed by atoms with Gasteiger partial charge in [0.05, 0.1) is 0 Å². The molecule has 0 bridgehead atoms. The van der Waals surface area contributed by atoms with E-state index in [-0.39, 0.29) is 11.9 Å². The summed E-state index contributed by atoms with van der Waals surface area (Å²) in [6.45, 7) is 6.02. The number of hydrogen-bond acceptors (Lipinski definition) is 4. The molecule has 0 spiro atoms. The predicted octanol–water partition coefficient (Wildman–Crippen LogP) is 2.38. The van der Waals surface area contributed by atoms with Crippen LogP contribution < -0.4 is 10.6 Å². The Morgan fingerprint density at radius 1 is 1.36 bits per heavy atom. The minimum absolute atomic E-state index is 0.164. The van der Waals surface area contributed by atoms with E-state index < -0.39 is 0 Å². The van der Waals surface area contributed by atoms with Gasteiger partial charge in [-0.15, -0.1) is 0 Å². The lowest BCUT2D eigenvalue weighted by Crippen LogP contribution is -2.48. The molecule has 3 rings (SSSR count). The van der Waals surface area contributed by atoms with E-state index in [9.17, 15) is 4.79 Å². The summed E-state index contributed by atoms with van der Waals surface area (Å²) >= 11 is 0. The molecule has 2 atom stereocenters. The number of aryl methyl sites for hydroxylation is 1. The van der Waals surface area contributed by atoms with Crippen molar-refractivity contribution in [2.45, 2.75) is 26.3 Å². The number of oxazole rings is 1. The van der Waals surface area contributed by atoms with Gasteiger partial charge in [-0.05, 0) is 32.4 Å². The van der Waals surface area contributed by atoms with E-state index in [0.717, 1.165) is 30.6 Å². The molecule has 2 N–H and O–H groups in total. The van der Waals surface area contributed by atoms with E-state index >= 15 is 0 Å². The van der Waals surface area contributed by atoms with Crippen LogP contribution in [0.25, 0.3) is 11.3 Å². The highest BCUT2D eigenvalue weighted by Crippen LogP contribution is 2.24. The highest BCUT2D eigenvalue weighted by atomic mass is 16.3. The second-order valence-electron chi connectivity index (χ2n) is 5.95. The minimum Gasteiger partial charge on any atom is -0.443 e. The van der Waals surface area contributed by atoms with E-state index in [2.05, 4.69) is 22.5 Å². The molecular weight excluding hydrogens is 278 g/mol. The second kappa shape index (κ2) is 6.32. The predicted molar refractivity (Wildman–Crippen MR) is 84.6 cm³/mol. The maximum Gasteiger partial charge on any atom is 0.274 e. The molecule has 1 aliphatic rings. The molecule has 5 nitrogen and oxygen atoms in total. The smallest absolute Gasteiger partial charge is 0.274 e. The standard InChI is InChI=1S/C17H21N3O2/c1-11-3-5-13(6-4-11)16-15(19-10-22-16)17(21)20-14-7-8-18-9-12(14)2/h3-6,10,12,14,18H,7-9H2,1-2H3,(H,20,21). The van der Waals surface area contributed by atoms with Crippen LogP contribution in [0.2, 0.25) is 0 Å². The lowest BCUT2D eigenvalue weighted by molar-refractivity contribution is 0.0910. The molecule has 1 fully saturated rings. The summed E-state index contributed by atoms with van der Waals surface area (Å²) in [6, 6.07) is 8.05. The zero-order chi connectivity index (χ0) is 15.5. The lowest BCUT2D eigenvalue weighted by atomic mass is 9.95. The van der Waals surface area contributed by atoms with E-state index in [1.165, 1.54) is 6.39 Å². The Morgan fingerprint density at radius 3 is 2.86 bits per heavy atom. The zero-order valence-corrected chi connectivity index (χ0v) is 12.9. The van der Waals surface area contributed by atoms with E-state index in [0.29, 0.717) is 17.4 Å². The van der Waals surface area contributed by atoms with Crippen molar-refractivity contribution in [3.63, 3.8) is 0 Å². The summed E-state index contributed by atoms with van der Waals surface area (Å²) in [6.07, 6.45) is 2.26. The van der Waals surface area contributed by atoms with Crippen molar-refractivity contribution >= 4 is 5.91 Å². The summed E-state index contributed by atoms with van der Waals surface area (Å²) in [5.74, 6) is 0.773. The molecule has 1 aromatic carbocycles. The Morgan fingerprint density at radius 2 is 2.14 bits per heavy atom. The van der Waals surface area contributed by atoms with E-state index in [4.69, 9.17) is 4.42 Å². The van der Waals surface area contributed by atoms with Gasteiger partial charge in [0.2, 0.25) is 0 Å². The first-order valence-electron chi connectivity index (χ1n) is 7.67. The number of carbonyl (C=O) groups is 1. The van der Waals surface area contributed by atoms with Crippen LogP contribution in [0.1, 0.15) is 29.4 Å². The quantitative estimate of drug-likeness (QED) is 0.913. The number of amides is 1. The summed E-state index contributed by atoms with van der Waals surface area (Å²) in [5, 5.41) is 6.42. The molecule has 0 radical (unpaired) electrons. The molecule has 1 saturated heterocycles. The Balaban J connectivity index is 1.79. The third-order valence-electron chi connectivity index (χ3n) is 4.20. The van der Waals surface area contributed by atoms with Gasteiger partial charge in [-0.3, -0.25) is 4.79 Å². The number of hydrogen-bond donors (Lipinski definition) is 2. The van der Waals surface area contributed by atoms with Crippen molar-refractivity contribution in [1.82, 2.24) is 15.6 Å². The van der Waals surface area contributed by atoms with Crippen LogP contribution in [-0.4, -0.2) is 30.0 Å². The number of benzene rings is 1. The van der Waals surface area contributed by atoms with Crippen molar-refractivity contribution in [2.75, 3.05) is 13.1 Å². The topological polar surface area (TPSA) is 67.2 Å². The third kappa shape index (κ3) is 3.04. The first-order valence-corrected chi connectivity index (χ1v) is 7.67. The second-order valence-corrected chi connectivity index (χ2v) is 5.95. The summed E-state index contributed by atoms with van der Waals surface area (Å²) in [7, 11) is 0. The van der Waals surface area contributed by atoms with Gasteiger partial charge >= 0.3 is 0 Å². The van der Waals surface area contributed by atoms with Crippen LogP contribution >= 0.6 is 0 Å². The molecular formula is C17H21N3O2. The van der Waals surface area contributed by atoms with Gasteiger partial charge in [-0.2, -0.15) is 0 Å². The first kappa shape index (κ1) is 14.8. The molecule has 2 aromatic rings. The molecule has 1 amide bonds. The SMILES string of the molecule is Cc1ccc(-c2ocnc2C(=O)NC2CCNCC2C)cc1. The first-order chi connectivity index (χ1) is 10.6. The highest BCUT2D eigenvalue weighted by Gasteiger charge is 2.26. The normalized spacial score (nSPS) is 21.5. The van der Waals surface area contributed by atoms with E-state index in [1.807, 2.05) is 31.2 Å². The number of rotatable bonds is 3. The monoisotopic (exact) mass is 299 g/mol. The number of nitrogens with one attached hydrogen (secondary N) is 2. The number of nitrogens with zero attached hydrogens (tertiary/aromatic N) is 1. The van der Waals surface area contributed by atoms with Crippen molar-refractivity contribution < 1.29 is 9.21 Å². The number of aromatic nitrogens is 1. The van der Waals surface area contributed by atoms with Crippen LogP contribution in [0.15, 0.2) is 35.1 Å². The van der Waals surface area contributed by atoms with Gasteiger partial charge < -0.3 is 15.1 Å². The lowest BCUT2D eigenvalue weighted by Gasteiger charge is -2.30. The van der Waals surface area contributed by atoms with Gasteiger partial charge in [0.1, 0.15) is 0 Å². The molecule has 1 aromatic heterocycles. The summed E-state index contributed by atoms with van der Waals surface area (Å²) in [5.41, 5.74) is 2.39. The Kier molecular flexibility index (Phi) is 4.24. The van der Waals surface area contributed by atoms with Crippen molar-refractivity contribution in [3.05, 3.63) is 41.9 Å². The molecule has 0 saturated carbocycles. The van der Waals surface area contributed by atoms with Crippen LogP contribution in [-0.2, 0) is 0 Å². The van der Waals surface area contributed by atoms with Crippen LogP contribution in [0.3, 0.4) is 0 Å².